The number of aldehydes is 1. The first-order valence-corrected chi connectivity index (χ1v) is 8.97. The molecule has 0 saturated heterocycles. The van der Waals surface area contributed by atoms with Gasteiger partial charge in [0.1, 0.15) is 5.69 Å². The lowest BCUT2D eigenvalue weighted by Gasteiger charge is -2.19. The van der Waals surface area contributed by atoms with Gasteiger partial charge in [-0.05, 0) is 43.3 Å². The van der Waals surface area contributed by atoms with Gasteiger partial charge < -0.3 is 25.2 Å². The molecule has 0 saturated carbocycles. The molecule has 0 aliphatic rings. The molecule has 2 atom stereocenters. The van der Waals surface area contributed by atoms with Crippen LogP contribution >= 0.6 is 0 Å². The second-order valence-electron chi connectivity index (χ2n) is 6.42. The van der Waals surface area contributed by atoms with E-state index >= 15 is 0 Å². The van der Waals surface area contributed by atoms with Crippen molar-refractivity contribution in [1.82, 2.24) is 14.9 Å². The Hall–Kier alpha value is -2.55. The lowest BCUT2D eigenvalue weighted by atomic mass is 10.1. The molecule has 1 aromatic heterocycles. The number of rotatable bonds is 7. The third-order valence-electron chi connectivity index (χ3n) is 4.28. The minimum Gasteiger partial charge on any atom is -0.394 e. The van der Waals surface area contributed by atoms with Gasteiger partial charge in [0.05, 0.1) is 36.4 Å². The maximum atomic E-state index is 11.4. The molecule has 1 aromatic carbocycles. The zero-order chi connectivity index (χ0) is 21.3. The summed E-state index contributed by atoms with van der Waals surface area (Å²) in [4.78, 5) is 19.9. The van der Waals surface area contributed by atoms with Crippen LogP contribution in [0.15, 0.2) is 29.9 Å². The van der Waals surface area contributed by atoms with Crippen LogP contribution in [0.5, 0.6) is 0 Å². The second kappa shape index (κ2) is 11.3. The Balaban J connectivity index is 0.000000892. The molecule has 8 heteroatoms. The molecule has 0 fully saturated rings. The van der Waals surface area contributed by atoms with Crippen molar-refractivity contribution in [1.29, 1.82) is 0 Å². The van der Waals surface area contributed by atoms with Crippen LogP contribution in [0.25, 0.3) is 11.0 Å². The van der Waals surface area contributed by atoms with E-state index in [9.17, 15) is 15.0 Å². The number of carbonyl (C=O) groups is 1. The molecule has 0 radical (unpaired) electrons. The SMILES string of the molecule is C=CNC.CN=c1c(C=O)nc2cc(C)c(C)cc2n1CC(O)CC(O)CO. The van der Waals surface area contributed by atoms with E-state index < -0.39 is 18.8 Å². The minimum absolute atomic E-state index is 0.0255. The van der Waals surface area contributed by atoms with Crippen molar-refractivity contribution in [3.05, 3.63) is 47.2 Å². The highest BCUT2D eigenvalue weighted by molar-refractivity contribution is 5.81. The molecule has 0 spiro atoms. The van der Waals surface area contributed by atoms with Crippen molar-refractivity contribution in [2.24, 2.45) is 4.99 Å². The van der Waals surface area contributed by atoms with Crippen LogP contribution in [-0.2, 0) is 6.54 Å². The van der Waals surface area contributed by atoms with Crippen LogP contribution in [0.1, 0.15) is 28.0 Å². The van der Waals surface area contributed by atoms with Gasteiger partial charge in [0.25, 0.3) is 0 Å². The van der Waals surface area contributed by atoms with Crippen molar-refractivity contribution in [2.45, 2.75) is 39.0 Å². The highest BCUT2D eigenvalue weighted by Crippen LogP contribution is 2.17. The zero-order valence-corrected chi connectivity index (χ0v) is 16.9. The van der Waals surface area contributed by atoms with Gasteiger partial charge in [-0.3, -0.25) is 9.79 Å². The van der Waals surface area contributed by atoms with E-state index in [0.29, 0.717) is 17.3 Å². The zero-order valence-electron chi connectivity index (χ0n) is 16.9. The van der Waals surface area contributed by atoms with E-state index in [1.807, 2.05) is 33.0 Å². The Kier molecular flexibility index (Phi) is 9.50. The fourth-order valence-corrected chi connectivity index (χ4v) is 2.70. The third kappa shape index (κ3) is 5.98. The number of aromatic nitrogens is 2. The molecule has 0 aliphatic carbocycles. The van der Waals surface area contributed by atoms with Gasteiger partial charge in [-0.15, -0.1) is 0 Å². The van der Waals surface area contributed by atoms with E-state index in [1.165, 1.54) is 0 Å². The summed E-state index contributed by atoms with van der Waals surface area (Å²) in [5.74, 6) is 0. The molecule has 2 rings (SSSR count). The molecule has 0 amide bonds. The van der Waals surface area contributed by atoms with Gasteiger partial charge >= 0.3 is 0 Å². The highest BCUT2D eigenvalue weighted by Gasteiger charge is 2.16. The molecule has 1 heterocycles. The quantitative estimate of drug-likeness (QED) is 0.510. The monoisotopic (exact) mass is 390 g/mol. The predicted octanol–water partition coefficient (Wildman–Crippen LogP) is 0.450. The third-order valence-corrected chi connectivity index (χ3v) is 4.28. The molecule has 8 nitrogen and oxygen atoms in total. The smallest absolute Gasteiger partial charge is 0.172 e. The molecule has 28 heavy (non-hydrogen) atoms. The van der Waals surface area contributed by atoms with Crippen molar-refractivity contribution in [3.63, 3.8) is 0 Å². The van der Waals surface area contributed by atoms with E-state index in [-0.39, 0.29) is 18.7 Å². The highest BCUT2D eigenvalue weighted by atomic mass is 16.3. The minimum atomic E-state index is -0.995. The van der Waals surface area contributed by atoms with Crippen molar-refractivity contribution in [3.8, 4) is 0 Å². The summed E-state index contributed by atoms with van der Waals surface area (Å²) >= 11 is 0. The first-order chi connectivity index (χ1) is 13.3. The summed E-state index contributed by atoms with van der Waals surface area (Å²) in [5, 5.41) is 31.4. The van der Waals surface area contributed by atoms with Crippen molar-refractivity contribution < 1.29 is 20.1 Å². The predicted molar refractivity (Wildman–Crippen MR) is 109 cm³/mol. The Morgan fingerprint density at radius 2 is 1.89 bits per heavy atom. The molecule has 0 aliphatic heterocycles. The maximum absolute atomic E-state index is 11.4. The summed E-state index contributed by atoms with van der Waals surface area (Å²) in [6.45, 7) is 7.02. The van der Waals surface area contributed by atoms with E-state index in [4.69, 9.17) is 5.11 Å². The fraction of sp³-hybridized carbons (Fsp3) is 0.450. The second-order valence-corrected chi connectivity index (χ2v) is 6.42. The number of hydrogen-bond acceptors (Lipinski definition) is 7. The first-order valence-electron chi connectivity index (χ1n) is 8.97. The van der Waals surface area contributed by atoms with Crippen LogP contribution < -0.4 is 10.8 Å². The maximum Gasteiger partial charge on any atom is 0.172 e. The van der Waals surface area contributed by atoms with Crippen LogP contribution in [0.2, 0.25) is 0 Å². The lowest BCUT2D eigenvalue weighted by molar-refractivity contribution is 0.0357. The molecule has 154 valence electrons. The standard InChI is InChI=1S/C17H23N3O4.C3H7N/c1-10-4-14-16(5-11(10)2)20(7-12(23)6-13(24)8-21)17(18-3)15(9-22)19-14;1-3-4-2/h4-5,9,12-13,21,23-24H,6-8H2,1-3H3;3-4H,1H2,2H3. The Morgan fingerprint density at radius 3 is 2.39 bits per heavy atom. The van der Waals surface area contributed by atoms with Crippen LogP contribution in [-0.4, -0.2) is 64.1 Å². The topological polar surface area (TPSA) is 120 Å². The summed E-state index contributed by atoms with van der Waals surface area (Å²) in [5.41, 5.74) is 4.07. The molecular weight excluding hydrogens is 360 g/mol. The van der Waals surface area contributed by atoms with Gasteiger partial charge in [-0.2, -0.15) is 0 Å². The lowest BCUT2D eigenvalue weighted by Crippen LogP contribution is -2.33. The normalized spacial score (nSPS) is 13.5. The largest absolute Gasteiger partial charge is 0.394 e. The summed E-state index contributed by atoms with van der Waals surface area (Å²) in [7, 11) is 3.37. The number of hydrogen-bond donors (Lipinski definition) is 4. The fourth-order valence-electron chi connectivity index (χ4n) is 2.70. The first kappa shape index (κ1) is 23.5. The van der Waals surface area contributed by atoms with Crippen LogP contribution in [0.3, 0.4) is 0 Å². The Morgan fingerprint density at radius 1 is 1.29 bits per heavy atom. The summed E-state index contributed by atoms with van der Waals surface area (Å²) in [6, 6.07) is 3.83. The Bertz CT molecular complexity index is 877. The van der Waals surface area contributed by atoms with Gasteiger partial charge in [0, 0.05) is 20.5 Å². The molecule has 2 unspecified atom stereocenters. The van der Waals surface area contributed by atoms with E-state index in [2.05, 4.69) is 21.9 Å². The molecule has 4 N–H and O–H groups in total. The number of carbonyl (C=O) groups excluding carboxylic acids is 1. The molecular formula is C20H30N4O4. The molecule has 0 bridgehead atoms. The van der Waals surface area contributed by atoms with Gasteiger partial charge in [-0.25, -0.2) is 4.98 Å². The number of aliphatic hydroxyl groups excluding tert-OH is 3. The van der Waals surface area contributed by atoms with Crippen molar-refractivity contribution in [2.75, 3.05) is 20.7 Å². The van der Waals surface area contributed by atoms with Crippen LogP contribution in [0.4, 0.5) is 0 Å². The number of aliphatic hydroxyl groups is 3. The number of aryl methyl sites for hydroxylation is 2. The number of fused-ring (bicyclic) bond motifs is 1. The van der Waals surface area contributed by atoms with E-state index in [1.54, 1.807) is 17.8 Å². The van der Waals surface area contributed by atoms with Gasteiger partial charge in [0.2, 0.25) is 0 Å². The number of nitrogens with zero attached hydrogens (tertiary/aromatic N) is 3. The van der Waals surface area contributed by atoms with Gasteiger partial charge in [-0.1, -0.05) is 6.58 Å². The van der Waals surface area contributed by atoms with Crippen molar-refractivity contribution >= 4 is 17.3 Å². The van der Waals surface area contributed by atoms with Crippen LogP contribution in [0, 0.1) is 13.8 Å². The molecule has 2 aromatic rings. The van der Waals surface area contributed by atoms with E-state index in [0.717, 1.165) is 16.6 Å². The summed E-state index contributed by atoms with van der Waals surface area (Å²) < 4.78 is 1.73. The van der Waals surface area contributed by atoms with Gasteiger partial charge in [0.15, 0.2) is 11.8 Å². The number of benzene rings is 1. The summed E-state index contributed by atoms with van der Waals surface area (Å²) in [6.07, 6.45) is 0.398. The number of nitrogens with one attached hydrogen (secondary N) is 1. The Labute approximate surface area is 164 Å². The average molecular weight is 390 g/mol. The average Bonchev–Trinajstić information content (AvgIpc) is 2.68.